The Balaban J connectivity index is 2.07. The quantitative estimate of drug-likeness (QED) is 0.524. The fraction of sp³-hybridized carbons (Fsp3) is 0.391. The summed E-state index contributed by atoms with van der Waals surface area (Å²) in [6, 6.07) is 3.42. The Labute approximate surface area is 198 Å². The van der Waals surface area contributed by atoms with Crippen molar-refractivity contribution in [3.05, 3.63) is 43.8 Å². The third-order valence-electron chi connectivity index (χ3n) is 5.52. The third-order valence-corrected chi connectivity index (χ3v) is 6.78. The Morgan fingerprint density at radius 2 is 1.91 bits per heavy atom. The molecule has 0 spiro atoms. The predicted molar refractivity (Wildman–Crippen MR) is 125 cm³/mol. The molecular weight excluding hydrogens is 458 g/mol. The maximum atomic E-state index is 13.6. The van der Waals surface area contributed by atoms with Gasteiger partial charge >= 0.3 is 11.9 Å². The molecule has 1 aliphatic carbocycles. The fourth-order valence-electron chi connectivity index (χ4n) is 4.11. The standard InChI is InChI=1S/C23H23N5O5S/c1-3-32-22(30)17-13-7-5-6-8-15(13)34-21(17)28-20(29)16-14(18(27-28)23(31)33-4-2)11-12(9-10-24)26-19(16)25/h11H,3-9H2,1-2H3,(H2,25,26). The summed E-state index contributed by atoms with van der Waals surface area (Å²) in [7, 11) is 0. The van der Waals surface area contributed by atoms with Crippen LogP contribution in [0.15, 0.2) is 10.9 Å². The number of hydrogen-bond donors (Lipinski definition) is 1. The zero-order valence-corrected chi connectivity index (χ0v) is 19.7. The molecule has 11 heteroatoms. The molecule has 0 amide bonds. The van der Waals surface area contributed by atoms with Gasteiger partial charge < -0.3 is 15.2 Å². The average Bonchev–Trinajstić information content (AvgIpc) is 3.19. The summed E-state index contributed by atoms with van der Waals surface area (Å²) in [5.74, 6) is -1.43. The molecule has 0 aromatic carbocycles. The van der Waals surface area contributed by atoms with E-state index >= 15 is 0 Å². The van der Waals surface area contributed by atoms with Gasteiger partial charge in [-0.15, -0.1) is 11.3 Å². The molecule has 2 N–H and O–H groups in total. The summed E-state index contributed by atoms with van der Waals surface area (Å²) in [5, 5.41) is 13.8. The molecule has 0 unspecified atom stereocenters. The molecule has 0 saturated carbocycles. The molecule has 0 fully saturated rings. The van der Waals surface area contributed by atoms with Crippen molar-refractivity contribution in [2.75, 3.05) is 18.9 Å². The van der Waals surface area contributed by atoms with Crippen LogP contribution in [0.25, 0.3) is 15.8 Å². The van der Waals surface area contributed by atoms with Crippen LogP contribution in [0.2, 0.25) is 0 Å². The molecule has 3 aromatic rings. The highest BCUT2D eigenvalue weighted by Gasteiger charge is 2.30. The van der Waals surface area contributed by atoms with Crippen molar-refractivity contribution >= 4 is 39.9 Å². The Hall–Kier alpha value is -3.78. The van der Waals surface area contributed by atoms with Gasteiger partial charge in [0.1, 0.15) is 10.8 Å². The van der Waals surface area contributed by atoms with E-state index in [-0.39, 0.29) is 52.5 Å². The highest BCUT2D eigenvalue weighted by Crippen LogP contribution is 2.37. The summed E-state index contributed by atoms with van der Waals surface area (Å²) in [4.78, 5) is 44.5. The second-order valence-corrected chi connectivity index (χ2v) is 8.74. The lowest BCUT2D eigenvalue weighted by atomic mass is 9.95. The van der Waals surface area contributed by atoms with E-state index in [2.05, 4.69) is 10.1 Å². The number of thiophene rings is 1. The molecule has 4 rings (SSSR count). The third kappa shape index (κ3) is 4.01. The van der Waals surface area contributed by atoms with Crippen LogP contribution in [-0.2, 0) is 28.7 Å². The van der Waals surface area contributed by atoms with Gasteiger partial charge in [0.2, 0.25) is 0 Å². The van der Waals surface area contributed by atoms with Gasteiger partial charge in [-0.1, -0.05) is 0 Å². The van der Waals surface area contributed by atoms with Gasteiger partial charge in [0.25, 0.3) is 5.56 Å². The number of pyridine rings is 1. The van der Waals surface area contributed by atoms with Crippen molar-refractivity contribution in [2.24, 2.45) is 0 Å². The van der Waals surface area contributed by atoms with E-state index in [1.54, 1.807) is 13.8 Å². The second kappa shape index (κ2) is 9.61. The van der Waals surface area contributed by atoms with Gasteiger partial charge in [-0.3, -0.25) is 4.79 Å². The van der Waals surface area contributed by atoms with Crippen LogP contribution in [-0.4, -0.2) is 39.9 Å². The number of hydrogen-bond acceptors (Lipinski definition) is 10. The van der Waals surface area contributed by atoms with Crippen molar-refractivity contribution in [1.29, 1.82) is 5.26 Å². The van der Waals surface area contributed by atoms with Crippen molar-refractivity contribution in [1.82, 2.24) is 14.8 Å². The van der Waals surface area contributed by atoms with Gasteiger partial charge in [0.15, 0.2) is 5.69 Å². The van der Waals surface area contributed by atoms with Crippen LogP contribution in [0.4, 0.5) is 5.82 Å². The van der Waals surface area contributed by atoms with Crippen molar-refractivity contribution < 1.29 is 19.1 Å². The number of aryl methyl sites for hydroxylation is 1. The lowest BCUT2D eigenvalue weighted by Gasteiger charge is -2.13. The smallest absolute Gasteiger partial charge is 0.359 e. The maximum absolute atomic E-state index is 13.6. The fourth-order valence-corrected chi connectivity index (χ4v) is 5.44. The number of nitrogens with two attached hydrogens (primary N) is 1. The zero-order chi connectivity index (χ0) is 24.4. The number of nitriles is 1. The van der Waals surface area contributed by atoms with Crippen LogP contribution in [0.3, 0.4) is 0 Å². The molecular formula is C23H23N5O5S. The van der Waals surface area contributed by atoms with Gasteiger partial charge in [-0.25, -0.2) is 14.6 Å². The minimum Gasteiger partial charge on any atom is -0.462 e. The van der Waals surface area contributed by atoms with Gasteiger partial charge in [-0.05, 0) is 51.2 Å². The van der Waals surface area contributed by atoms with Crippen LogP contribution in [0, 0.1) is 11.3 Å². The minimum absolute atomic E-state index is 0.0269. The maximum Gasteiger partial charge on any atom is 0.359 e. The van der Waals surface area contributed by atoms with Gasteiger partial charge in [0.05, 0.1) is 42.3 Å². The molecule has 34 heavy (non-hydrogen) atoms. The number of nitrogens with zero attached hydrogens (tertiary/aromatic N) is 4. The molecule has 10 nitrogen and oxygen atoms in total. The summed E-state index contributed by atoms with van der Waals surface area (Å²) in [6.45, 7) is 3.63. The number of fused-ring (bicyclic) bond motifs is 2. The van der Waals surface area contributed by atoms with Gasteiger partial charge in [-0.2, -0.15) is 15.0 Å². The van der Waals surface area contributed by atoms with Crippen molar-refractivity contribution in [3.8, 4) is 11.1 Å². The molecule has 1 aliphatic rings. The Kier molecular flexibility index (Phi) is 6.61. The second-order valence-electron chi connectivity index (χ2n) is 7.65. The molecule has 3 heterocycles. The molecule has 0 radical (unpaired) electrons. The highest BCUT2D eigenvalue weighted by molar-refractivity contribution is 7.15. The average molecular weight is 482 g/mol. The van der Waals surface area contributed by atoms with E-state index in [4.69, 9.17) is 20.5 Å². The van der Waals surface area contributed by atoms with E-state index in [1.807, 2.05) is 6.07 Å². The lowest BCUT2D eigenvalue weighted by molar-refractivity contribution is 0.0515. The van der Waals surface area contributed by atoms with Crippen molar-refractivity contribution in [2.45, 2.75) is 46.0 Å². The van der Waals surface area contributed by atoms with Crippen LogP contribution < -0.4 is 11.3 Å². The molecule has 3 aromatic heterocycles. The molecule has 0 saturated heterocycles. The minimum atomic E-state index is -0.756. The number of esters is 2. The van der Waals surface area contributed by atoms with E-state index in [0.717, 1.165) is 34.4 Å². The van der Waals surface area contributed by atoms with E-state index in [1.165, 1.54) is 17.4 Å². The summed E-state index contributed by atoms with van der Waals surface area (Å²) < 4.78 is 11.5. The zero-order valence-electron chi connectivity index (χ0n) is 18.8. The summed E-state index contributed by atoms with van der Waals surface area (Å²) in [6.07, 6.45) is 3.30. The molecule has 0 bridgehead atoms. The van der Waals surface area contributed by atoms with Crippen LogP contribution in [0.1, 0.15) is 63.7 Å². The van der Waals surface area contributed by atoms with E-state index in [9.17, 15) is 14.4 Å². The van der Waals surface area contributed by atoms with Gasteiger partial charge in [0, 0.05) is 10.3 Å². The topological polar surface area (TPSA) is 150 Å². The van der Waals surface area contributed by atoms with Crippen molar-refractivity contribution in [3.63, 3.8) is 0 Å². The highest BCUT2D eigenvalue weighted by atomic mass is 32.1. The number of carbonyl (C=O) groups excluding carboxylic acids is 2. The Morgan fingerprint density at radius 3 is 2.62 bits per heavy atom. The molecule has 0 aliphatic heterocycles. The number of nitrogen functional groups attached to an aromatic ring is 1. The number of aromatic nitrogens is 3. The first kappa shape index (κ1) is 23.4. The van der Waals surface area contributed by atoms with Crippen LogP contribution in [0.5, 0.6) is 0 Å². The number of ether oxygens (including phenoxy) is 2. The number of carbonyl (C=O) groups is 2. The predicted octanol–water partition coefficient (Wildman–Crippen LogP) is 2.72. The first-order chi connectivity index (χ1) is 16.4. The largest absolute Gasteiger partial charge is 0.462 e. The lowest BCUT2D eigenvalue weighted by Crippen LogP contribution is -2.27. The van der Waals surface area contributed by atoms with Crippen LogP contribution >= 0.6 is 11.3 Å². The Morgan fingerprint density at radius 1 is 1.21 bits per heavy atom. The normalized spacial score (nSPS) is 12.7. The first-order valence-electron chi connectivity index (χ1n) is 11.0. The molecule has 0 atom stereocenters. The van der Waals surface area contributed by atoms with E-state index < -0.39 is 17.5 Å². The Bertz CT molecular complexity index is 1400. The van der Waals surface area contributed by atoms with E-state index in [0.29, 0.717) is 12.1 Å². The SMILES string of the molecule is CCOC(=O)c1c(-n2nc(C(=O)OCC)c3cc(CC#N)nc(N)c3c2=O)sc2c1CCCC2. The first-order valence-corrected chi connectivity index (χ1v) is 11.8. The monoisotopic (exact) mass is 481 g/mol. The summed E-state index contributed by atoms with van der Waals surface area (Å²) in [5.41, 5.74) is 6.79. The summed E-state index contributed by atoms with van der Waals surface area (Å²) >= 11 is 1.29. The molecule has 176 valence electrons. The number of anilines is 1. The number of rotatable bonds is 6.